The van der Waals surface area contributed by atoms with Crippen LogP contribution in [0.4, 0.5) is 5.69 Å². The Morgan fingerprint density at radius 1 is 1.25 bits per heavy atom. The number of methoxy groups -OCH3 is 1. The van der Waals surface area contributed by atoms with E-state index in [1.165, 1.54) is 7.11 Å². The number of esters is 1. The van der Waals surface area contributed by atoms with Crippen LogP contribution in [0.2, 0.25) is 0 Å². The Bertz CT molecular complexity index is 455. The minimum Gasteiger partial charge on any atom is -0.467 e. The van der Waals surface area contributed by atoms with Gasteiger partial charge in [-0.3, -0.25) is 4.79 Å². The lowest BCUT2D eigenvalue weighted by atomic mass is 10.0. The first-order valence-corrected chi connectivity index (χ1v) is 6.65. The topological polar surface area (TPSA) is 81.4 Å². The van der Waals surface area contributed by atoms with E-state index < -0.39 is 12.0 Å². The molecule has 110 valence electrons. The summed E-state index contributed by atoms with van der Waals surface area (Å²) in [6.45, 7) is 3.73. The van der Waals surface area contributed by atoms with Crippen molar-refractivity contribution in [3.63, 3.8) is 0 Å². The van der Waals surface area contributed by atoms with Gasteiger partial charge in [-0.1, -0.05) is 26.0 Å². The quantitative estimate of drug-likeness (QED) is 0.610. The fourth-order valence-corrected chi connectivity index (χ4v) is 1.81. The molecule has 1 aromatic carbocycles. The van der Waals surface area contributed by atoms with Crippen LogP contribution in [0.25, 0.3) is 0 Å². The first-order chi connectivity index (χ1) is 9.43. The first kappa shape index (κ1) is 16.0. The standard InChI is InChI=1S/C15H22N2O3/c1-10(2)14(15(19)20-3)17-13(18)9-6-11-4-7-12(16)8-5-11/h4-5,7-8,10,14H,6,9,16H2,1-3H3,(H,17,18)/t14-/m0/s1. The molecule has 0 unspecified atom stereocenters. The second kappa shape index (κ2) is 7.53. The van der Waals surface area contributed by atoms with E-state index in [0.29, 0.717) is 18.5 Å². The molecule has 5 heteroatoms. The molecule has 0 aromatic heterocycles. The molecule has 0 radical (unpaired) electrons. The molecule has 0 bridgehead atoms. The lowest BCUT2D eigenvalue weighted by Gasteiger charge is -2.19. The van der Waals surface area contributed by atoms with Crippen molar-refractivity contribution in [2.24, 2.45) is 5.92 Å². The average molecular weight is 278 g/mol. The Hall–Kier alpha value is -2.04. The fourth-order valence-electron chi connectivity index (χ4n) is 1.81. The smallest absolute Gasteiger partial charge is 0.328 e. The third-order valence-corrected chi connectivity index (χ3v) is 3.06. The van der Waals surface area contributed by atoms with Gasteiger partial charge in [0.15, 0.2) is 0 Å². The van der Waals surface area contributed by atoms with Gasteiger partial charge in [-0.25, -0.2) is 4.79 Å². The number of carbonyl (C=O) groups is 2. The minimum absolute atomic E-state index is 0.0112. The zero-order chi connectivity index (χ0) is 15.1. The molecule has 0 aliphatic rings. The summed E-state index contributed by atoms with van der Waals surface area (Å²) in [5.74, 6) is -0.588. The van der Waals surface area contributed by atoms with Crippen LogP contribution in [0.5, 0.6) is 0 Å². The summed E-state index contributed by atoms with van der Waals surface area (Å²) in [5.41, 5.74) is 7.33. The van der Waals surface area contributed by atoms with E-state index in [2.05, 4.69) is 10.1 Å². The van der Waals surface area contributed by atoms with E-state index >= 15 is 0 Å². The maximum absolute atomic E-state index is 11.9. The largest absolute Gasteiger partial charge is 0.467 e. The molecule has 0 spiro atoms. The fraction of sp³-hybridized carbons (Fsp3) is 0.467. The molecule has 5 nitrogen and oxygen atoms in total. The van der Waals surface area contributed by atoms with Crippen LogP contribution >= 0.6 is 0 Å². The van der Waals surface area contributed by atoms with Crippen LogP contribution in [0, 0.1) is 5.92 Å². The average Bonchev–Trinajstić information content (AvgIpc) is 2.43. The lowest BCUT2D eigenvalue weighted by molar-refractivity contribution is -0.146. The first-order valence-electron chi connectivity index (χ1n) is 6.65. The number of nitrogens with one attached hydrogen (secondary N) is 1. The van der Waals surface area contributed by atoms with Gasteiger partial charge in [0.25, 0.3) is 0 Å². The summed E-state index contributed by atoms with van der Waals surface area (Å²) in [5, 5.41) is 2.71. The molecule has 1 rings (SSSR count). The summed E-state index contributed by atoms with van der Waals surface area (Å²) < 4.78 is 4.68. The van der Waals surface area contributed by atoms with E-state index in [9.17, 15) is 9.59 Å². The van der Waals surface area contributed by atoms with Gasteiger partial charge in [-0.05, 0) is 30.0 Å². The van der Waals surface area contributed by atoms with Gasteiger partial charge in [0, 0.05) is 12.1 Å². The highest BCUT2D eigenvalue weighted by Crippen LogP contribution is 2.09. The number of aryl methyl sites for hydroxylation is 1. The zero-order valence-corrected chi connectivity index (χ0v) is 12.2. The van der Waals surface area contributed by atoms with Crippen molar-refractivity contribution >= 4 is 17.6 Å². The molecule has 0 saturated carbocycles. The van der Waals surface area contributed by atoms with E-state index in [1.54, 1.807) is 12.1 Å². The summed E-state index contributed by atoms with van der Waals surface area (Å²) in [6, 6.07) is 6.79. The van der Waals surface area contributed by atoms with Crippen LogP contribution in [0.3, 0.4) is 0 Å². The van der Waals surface area contributed by atoms with Crippen molar-refractivity contribution in [2.75, 3.05) is 12.8 Å². The van der Waals surface area contributed by atoms with Crippen LogP contribution < -0.4 is 11.1 Å². The number of hydrogen-bond donors (Lipinski definition) is 2. The van der Waals surface area contributed by atoms with Crippen molar-refractivity contribution in [3.05, 3.63) is 29.8 Å². The highest BCUT2D eigenvalue weighted by molar-refractivity contribution is 5.84. The number of ether oxygens (including phenoxy) is 1. The Morgan fingerprint density at radius 2 is 1.85 bits per heavy atom. The molecular weight excluding hydrogens is 256 g/mol. The van der Waals surface area contributed by atoms with Crippen molar-refractivity contribution < 1.29 is 14.3 Å². The van der Waals surface area contributed by atoms with Gasteiger partial charge in [0.2, 0.25) is 5.91 Å². The molecule has 3 N–H and O–H groups in total. The zero-order valence-electron chi connectivity index (χ0n) is 12.2. The van der Waals surface area contributed by atoms with Crippen LogP contribution in [-0.4, -0.2) is 25.0 Å². The molecule has 20 heavy (non-hydrogen) atoms. The Morgan fingerprint density at radius 3 is 2.35 bits per heavy atom. The number of nitrogens with two attached hydrogens (primary N) is 1. The molecule has 0 saturated heterocycles. The molecule has 1 amide bonds. The number of rotatable bonds is 6. The van der Waals surface area contributed by atoms with E-state index in [4.69, 9.17) is 5.73 Å². The molecule has 0 aliphatic carbocycles. The number of hydrogen-bond acceptors (Lipinski definition) is 4. The van der Waals surface area contributed by atoms with Gasteiger partial charge in [0.1, 0.15) is 6.04 Å². The highest BCUT2D eigenvalue weighted by Gasteiger charge is 2.24. The Balaban J connectivity index is 2.49. The highest BCUT2D eigenvalue weighted by atomic mass is 16.5. The van der Waals surface area contributed by atoms with Crippen molar-refractivity contribution in [2.45, 2.75) is 32.7 Å². The number of nitrogen functional groups attached to an aromatic ring is 1. The van der Waals surface area contributed by atoms with Crippen molar-refractivity contribution in [1.82, 2.24) is 5.32 Å². The van der Waals surface area contributed by atoms with E-state index in [0.717, 1.165) is 5.56 Å². The molecular formula is C15H22N2O3. The van der Waals surface area contributed by atoms with Crippen LogP contribution in [-0.2, 0) is 20.7 Å². The van der Waals surface area contributed by atoms with Gasteiger partial charge >= 0.3 is 5.97 Å². The summed E-state index contributed by atoms with van der Waals surface area (Å²) in [4.78, 5) is 23.4. The monoisotopic (exact) mass is 278 g/mol. The number of carbonyl (C=O) groups excluding carboxylic acids is 2. The predicted octanol–water partition coefficient (Wildman–Crippen LogP) is 1.52. The van der Waals surface area contributed by atoms with Gasteiger partial charge < -0.3 is 15.8 Å². The van der Waals surface area contributed by atoms with E-state index in [-0.39, 0.29) is 11.8 Å². The van der Waals surface area contributed by atoms with Gasteiger partial charge in [-0.15, -0.1) is 0 Å². The van der Waals surface area contributed by atoms with Gasteiger partial charge in [-0.2, -0.15) is 0 Å². The molecule has 0 fully saturated rings. The maximum Gasteiger partial charge on any atom is 0.328 e. The Kier molecular flexibility index (Phi) is 6.03. The predicted molar refractivity (Wildman–Crippen MR) is 78.0 cm³/mol. The second-order valence-electron chi connectivity index (χ2n) is 5.05. The van der Waals surface area contributed by atoms with E-state index in [1.807, 2.05) is 26.0 Å². The molecule has 0 heterocycles. The number of anilines is 1. The van der Waals surface area contributed by atoms with Gasteiger partial charge in [0.05, 0.1) is 7.11 Å². The van der Waals surface area contributed by atoms with Crippen molar-refractivity contribution in [3.8, 4) is 0 Å². The van der Waals surface area contributed by atoms with Crippen molar-refractivity contribution in [1.29, 1.82) is 0 Å². The molecule has 1 aromatic rings. The Labute approximate surface area is 119 Å². The number of benzene rings is 1. The summed E-state index contributed by atoms with van der Waals surface area (Å²) in [7, 11) is 1.32. The summed E-state index contributed by atoms with van der Waals surface area (Å²) in [6.07, 6.45) is 0.933. The molecule has 0 aliphatic heterocycles. The molecule has 1 atom stereocenters. The normalized spacial score (nSPS) is 12.0. The minimum atomic E-state index is -0.598. The third-order valence-electron chi connectivity index (χ3n) is 3.06. The SMILES string of the molecule is COC(=O)[C@@H](NC(=O)CCc1ccc(N)cc1)C(C)C. The summed E-state index contributed by atoms with van der Waals surface area (Å²) >= 11 is 0. The van der Waals surface area contributed by atoms with Crippen LogP contribution in [0.1, 0.15) is 25.8 Å². The second-order valence-corrected chi connectivity index (χ2v) is 5.05. The number of amides is 1. The van der Waals surface area contributed by atoms with Crippen LogP contribution in [0.15, 0.2) is 24.3 Å². The third kappa shape index (κ3) is 4.91. The maximum atomic E-state index is 11.9. The lowest BCUT2D eigenvalue weighted by Crippen LogP contribution is -2.45.